The Hall–Kier alpha value is -3.52. The van der Waals surface area contributed by atoms with Crippen molar-refractivity contribution in [2.24, 2.45) is 10.3 Å². The SMILES string of the molecule is O/N=C1/C(=N\O)[C@@H](OCc2ccccc2)C(OCc2ccccc2)[C@H]1OCc1ccccc1. The maximum atomic E-state index is 9.75. The molecule has 0 radical (unpaired) electrons. The van der Waals surface area contributed by atoms with Crippen molar-refractivity contribution in [3.8, 4) is 0 Å². The molecule has 0 aliphatic heterocycles. The van der Waals surface area contributed by atoms with Gasteiger partial charge in [-0.2, -0.15) is 0 Å². The van der Waals surface area contributed by atoms with E-state index in [0.29, 0.717) is 6.61 Å². The third kappa shape index (κ3) is 5.64. The smallest absolute Gasteiger partial charge is 0.139 e. The Labute approximate surface area is 192 Å². The lowest BCUT2D eigenvalue weighted by molar-refractivity contribution is -0.103. The van der Waals surface area contributed by atoms with Crippen molar-refractivity contribution in [3.05, 3.63) is 108 Å². The van der Waals surface area contributed by atoms with Crippen LogP contribution in [0.3, 0.4) is 0 Å². The Bertz CT molecular complexity index is 992. The van der Waals surface area contributed by atoms with E-state index in [0.717, 1.165) is 16.7 Å². The molecule has 4 rings (SSSR count). The summed E-state index contributed by atoms with van der Waals surface area (Å²) in [5.74, 6) is 0. The van der Waals surface area contributed by atoms with Crippen LogP contribution in [0.4, 0.5) is 0 Å². The van der Waals surface area contributed by atoms with Crippen molar-refractivity contribution in [2.75, 3.05) is 0 Å². The van der Waals surface area contributed by atoms with Gasteiger partial charge in [0.1, 0.15) is 29.7 Å². The minimum absolute atomic E-state index is 0.0876. The molecule has 33 heavy (non-hydrogen) atoms. The summed E-state index contributed by atoms with van der Waals surface area (Å²) in [4.78, 5) is 0. The Balaban J connectivity index is 1.57. The largest absolute Gasteiger partial charge is 0.411 e. The van der Waals surface area contributed by atoms with Crippen LogP contribution >= 0.6 is 0 Å². The normalized spacial score (nSPS) is 22.7. The Kier molecular flexibility index (Phi) is 7.81. The summed E-state index contributed by atoms with van der Waals surface area (Å²) in [6, 6.07) is 29.0. The monoisotopic (exact) mass is 446 g/mol. The van der Waals surface area contributed by atoms with Crippen molar-refractivity contribution in [1.82, 2.24) is 0 Å². The summed E-state index contributed by atoms with van der Waals surface area (Å²) in [6.45, 7) is 0.818. The zero-order valence-corrected chi connectivity index (χ0v) is 18.0. The first-order valence-corrected chi connectivity index (χ1v) is 10.7. The van der Waals surface area contributed by atoms with Crippen molar-refractivity contribution < 1.29 is 24.6 Å². The Morgan fingerprint density at radius 2 is 0.848 bits per heavy atom. The van der Waals surface area contributed by atoms with E-state index >= 15 is 0 Å². The highest BCUT2D eigenvalue weighted by molar-refractivity contribution is 6.47. The molecule has 1 aliphatic carbocycles. The van der Waals surface area contributed by atoms with Crippen LogP contribution in [-0.2, 0) is 34.0 Å². The minimum Gasteiger partial charge on any atom is -0.411 e. The summed E-state index contributed by atoms with van der Waals surface area (Å²) in [5.41, 5.74) is 3.05. The highest BCUT2D eigenvalue weighted by Gasteiger charge is 2.50. The minimum atomic E-state index is -0.786. The molecule has 3 atom stereocenters. The molecule has 0 heterocycles. The van der Waals surface area contributed by atoms with Crippen LogP contribution in [0.1, 0.15) is 16.7 Å². The molecule has 1 saturated carbocycles. The molecule has 2 N–H and O–H groups in total. The van der Waals surface area contributed by atoms with Crippen LogP contribution in [0, 0.1) is 0 Å². The summed E-state index contributed by atoms with van der Waals surface area (Å²) in [5, 5.41) is 26.3. The van der Waals surface area contributed by atoms with Gasteiger partial charge in [0.25, 0.3) is 0 Å². The summed E-state index contributed by atoms with van der Waals surface area (Å²) < 4.78 is 18.5. The molecule has 1 fully saturated rings. The lowest BCUT2D eigenvalue weighted by atomic mass is 10.2. The summed E-state index contributed by atoms with van der Waals surface area (Å²) in [7, 11) is 0. The van der Waals surface area contributed by atoms with Gasteiger partial charge in [-0.3, -0.25) is 0 Å². The van der Waals surface area contributed by atoms with Gasteiger partial charge in [0, 0.05) is 0 Å². The molecule has 0 bridgehead atoms. The molecule has 1 unspecified atom stereocenters. The molecular formula is C26H26N2O5. The third-order valence-electron chi connectivity index (χ3n) is 5.44. The molecular weight excluding hydrogens is 420 g/mol. The van der Waals surface area contributed by atoms with Gasteiger partial charge in [0.15, 0.2) is 0 Å². The van der Waals surface area contributed by atoms with Crippen LogP contribution < -0.4 is 0 Å². The Morgan fingerprint density at radius 3 is 1.18 bits per heavy atom. The molecule has 3 aromatic carbocycles. The summed E-state index contributed by atoms with van der Waals surface area (Å²) in [6.07, 6.45) is -2.26. The van der Waals surface area contributed by atoms with Gasteiger partial charge in [0.05, 0.1) is 19.8 Å². The van der Waals surface area contributed by atoms with Gasteiger partial charge in [-0.15, -0.1) is 0 Å². The molecule has 7 nitrogen and oxygen atoms in total. The highest BCUT2D eigenvalue weighted by atomic mass is 16.6. The van der Waals surface area contributed by atoms with E-state index < -0.39 is 18.3 Å². The zero-order chi connectivity index (χ0) is 22.9. The van der Waals surface area contributed by atoms with E-state index in [-0.39, 0.29) is 24.6 Å². The Morgan fingerprint density at radius 1 is 0.515 bits per heavy atom. The second-order valence-electron chi connectivity index (χ2n) is 7.67. The lowest BCUT2D eigenvalue weighted by Crippen LogP contribution is -2.37. The number of nitrogens with zero attached hydrogens (tertiary/aromatic N) is 2. The third-order valence-corrected chi connectivity index (χ3v) is 5.44. The first-order chi connectivity index (χ1) is 16.3. The zero-order valence-electron chi connectivity index (χ0n) is 18.0. The lowest BCUT2D eigenvalue weighted by Gasteiger charge is -2.24. The van der Waals surface area contributed by atoms with Gasteiger partial charge >= 0.3 is 0 Å². The summed E-state index contributed by atoms with van der Waals surface area (Å²) >= 11 is 0. The second-order valence-corrected chi connectivity index (χ2v) is 7.67. The average Bonchev–Trinajstić information content (AvgIpc) is 3.18. The van der Waals surface area contributed by atoms with Crippen molar-refractivity contribution in [3.63, 3.8) is 0 Å². The van der Waals surface area contributed by atoms with Gasteiger partial charge in [-0.25, -0.2) is 0 Å². The van der Waals surface area contributed by atoms with E-state index in [1.807, 2.05) is 91.0 Å². The number of oxime groups is 2. The first kappa shape index (κ1) is 22.7. The fourth-order valence-electron chi connectivity index (χ4n) is 3.79. The fourth-order valence-corrected chi connectivity index (χ4v) is 3.79. The van der Waals surface area contributed by atoms with E-state index in [9.17, 15) is 10.4 Å². The van der Waals surface area contributed by atoms with E-state index in [2.05, 4.69) is 10.3 Å². The quantitative estimate of drug-likeness (QED) is 0.375. The molecule has 1 aliphatic rings. The van der Waals surface area contributed by atoms with Gasteiger partial charge < -0.3 is 24.6 Å². The molecule has 0 aromatic heterocycles. The number of ether oxygens (including phenoxy) is 3. The van der Waals surface area contributed by atoms with Crippen LogP contribution in [0.2, 0.25) is 0 Å². The van der Waals surface area contributed by atoms with Gasteiger partial charge in [0.2, 0.25) is 0 Å². The number of hydrogen-bond acceptors (Lipinski definition) is 7. The molecule has 3 aromatic rings. The van der Waals surface area contributed by atoms with Crippen molar-refractivity contribution in [1.29, 1.82) is 0 Å². The molecule has 0 amide bonds. The molecule has 170 valence electrons. The van der Waals surface area contributed by atoms with E-state index in [1.54, 1.807) is 0 Å². The van der Waals surface area contributed by atoms with Gasteiger partial charge in [-0.1, -0.05) is 101 Å². The van der Waals surface area contributed by atoms with Crippen molar-refractivity contribution >= 4 is 11.4 Å². The molecule has 7 heteroatoms. The molecule has 0 saturated heterocycles. The predicted octanol–water partition coefficient (Wildman–Crippen LogP) is 4.42. The first-order valence-electron chi connectivity index (χ1n) is 10.7. The topological polar surface area (TPSA) is 92.9 Å². The van der Waals surface area contributed by atoms with Gasteiger partial charge in [-0.05, 0) is 16.7 Å². The maximum Gasteiger partial charge on any atom is 0.139 e. The fraction of sp³-hybridized carbons (Fsp3) is 0.231. The van der Waals surface area contributed by atoms with Crippen LogP contribution in [0.25, 0.3) is 0 Å². The van der Waals surface area contributed by atoms with Crippen LogP contribution in [0.5, 0.6) is 0 Å². The molecule has 0 spiro atoms. The highest BCUT2D eigenvalue weighted by Crippen LogP contribution is 2.28. The number of rotatable bonds is 9. The van der Waals surface area contributed by atoms with Crippen LogP contribution in [-0.4, -0.2) is 40.1 Å². The van der Waals surface area contributed by atoms with E-state index in [4.69, 9.17) is 14.2 Å². The predicted molar refractivity (Wildman–Crippen MR) is 124 cm³/mol. The maximum absolute atomic E-state index is 9.75. The number of hydrogen-bond donors (Lipinski definition) is 2. The van der Waals surface area contributed by atoms with Crippen molar-refractivity contribution in [2.45, 2.75) is 38.1 Å². The van der Waals surface area contributed by atoms with E-state index in [1.165, 1.54) is 0 Å². The average molecular weight is 447 g/mol. The second kappa shape index (κ2) is 11.4. The van der Waals surface area contributed by atoms with Crippen LogP contribution in [0.15, 0.2) is 101 Å². The standard InChI is InChI=1S/C26H26N2O5/c29-27-22-23(28-30)25(32-17-20-12-6-2-7-13-20)26(33-18-21-14-8-3-9-15-21)24(22)31-16-19-10-4-1-5-11-19/h1-15,24-26,29-30H,16-18H2/b27-22-,28-23+/t24-,25+,26?/m0/s1. The number of benzene rings is 3.